The maximum Gasteiger partial charge on any atom is 0.222 e. The molecule has 0 unspecified atom stereocenters. The summed E-state index contributed by atoms with van der Waals surface area (Å²) in [5.41, 5.74) is 2.64. The van der Waals surface area contributed by atoms with E-state index in [1.54, 1.807) is 6.08 Å². The number of nitrogens with one attached hydrogen (secondary N) is 2. The number of carbonyl (C=O) groups is 2. The molecule has 0 bridgehead atoms. The fourth-order valence-corrected chi connectivity index (χ4v) is 1.20. The van der Waals surface area contributed by atoms with Crippen molar-refractivity contribution in [1.29, 1.82) is 0 Å². The topological polar surface area (TPSA) is 67.4 Å². The van der Waals surface area contributed by atoms with Crippen molar-refractivity contribution in [2.24, 2.45) is 0 Å². The summed E-state index contributed by atoms with van der Waals surface area (Å²) >= 11 is 0. The summed E-state index contributed by atoms with van der Waals surface area (Å²) in [4.78, 5) is 22.4. The molecule has 0 atom stereocenters. The lowest BCUT2D eigenvalue weighted by Gasteiger charge is -2.05. The van der Waals surface area contributed by atoms with E-state index in [0.717, 1.165) is 6.42 Å². The summed E-state index contributed by atoms with van der Waals surface area (Å²) < 4.78 is 5.23. The van der Waals surface area contributed by atoms with Crippen molar-refractivity contribution in [3.8, 4) is 0 Å². The second kappa shape index (κ2) is 11.9. The van der Waals surface area contributed by atoms with Crippen LogP contribution in [0.3, 0.4) is 0 Å². The van der Waals surface area contributed by atoms with Gasteiger partial charge in [-0.25, -0.2) is 0 Å². The van der Waals surface area contributed by atoms with Crippen molar-refractivity contribution in [3.63, 3.8) is 0 Å². The molecule has 0 aromatic heterocycles. The molecule has 0 rings (SSSR count). The van der Waals surface area contributed by atoms with Gasteiger partial charge in [0.15, 0.2) is 0 Å². The van der Waals surface area contributed by atoms with E-state index in [0.29, 0.717) is 39.1 Å². The van der Waals surface area contributed by atoms with Crippen LogP contribution >= 0.6 is 0 Å². The minimum absolute atomic E-state index is 0.0507. The first-order chi connectivity index (χ1) is 8.70. The van der Waals surface area contributed by atoms with Crippen molar-refractivity contribution in [2.75, 3.05) is 26.3 Å². The van der Waals surface area contributed by atoms with Crippen LogP contribution in [0.4, 0.5) is 0 Å². The summed E-state index contributed by atoms with van der Waals surface area (Å²) in [5, 5.41) is 5.33. The van der Waals surface area contributed by atoms with Crippen LogP contribution in [-0.2, 0) is 14.3 Å². The average molecular weight is 254 g/mol. The molecule has 2 N–H and O–H groups in total. The molecule has 0 aliphatic heterocycles. The molecule has 102 valence electrons. The molecule has 0 spiro atoms. The number of carbonyl (C=O) groups excluding carboxylic acids is 2. The third-order valence-electron chi connectivity index (χ3n) is 2.07. The van der Waals surface area contributed by atoms with Crippen LogP contribution in [0.5, 0.6) is 0 Å². The van der Waals surface area contributed by atoms with E-state index in [-0.39, 0.29) is 11.8 Å². The van der Waals surface area contributed by atoms with Gasteiger partial charge in [-0.3, -0.25) is 9.59 Å². The van der Waals surface area contributed by atoms with Crippen molar-refractivity contribution in [1.82, 2.24) is 10.6 Å². The zero-order valence-electron chi connectivity index (χ0n) is 11.0. The molecule has 18 heavy (non-hydrogen) atoms. The second-order valence-corrected chi connectivity index (χ2v) is 3.61. The first-order valence-corrected chi connectivity index (χ1v) is 6.16. The molecule has 0 saturated heterocycles. The number of rotatable bonds is 10. The second-order valence-electron chi connectivity index (χ2n) is 3.61. The van der Waals surface area contributed by atoms with Crippen LogP contribution < -0.4 is 10.6 Å². The highest BCUT2D eigenvalue weighted by atomic mass is 16.5. The average Bonchev–Trinajstić information content (AvgIpc) is 2.34. The SMILES string of the molecule is C=C=CCCOCCC(=O)NCCC(=O)NCC. The first kappa shape index (κ1) is 16.4. The number of ether oxygens (including phenoxy) is 1. The molecular weight excluding hydrogens is 232 g/mol. The van der Waals surface area contributed by atoms with Crippen molar-refractivity contribution < 1.29 is 14.3 Å². The molecule has 5 heteroatoms. The molecule has 0 aliphatic rings. The molecular formula is C13H22N2O3. The molecule has 0 saturated carbocycles. The maximum atomic E-state index is 11.3. The molecule has 2 amide bonds. The Morgan fingerprint density at radius 1 is 1.22 bits per heavy atom. The molecule has 0 aromatic rings. The zero-order valence-corrected chi connectivity index (χ0v) is 11.0. The number of hydrogen-bond donors (Lipinski definition) is 2. The minimum Gasteiger partial charge on any atom is -0.381 e. The van der Waals surface area contributed by atoms with Gasteiger partial charge in [-0.1, -0.05) is 6.58 Å². The van der Waals surface area contributed by atoms with Crippen molar-refractivity contribution in [2.45, 2.75) is 26.2 Å². The Bertz CT molecular complexity index is 297. The van der Waals surface area contributed by atoms with Crippen LogP contribution in [0.2, 0.25) is 0 Å². The molecule has 0 radical (unpaired) electrons. The molecule has 0 aromatic carbocycles. The Hall–Kier alpha value is -1.58. The monoisotopic (exact) mass is 254 g/mol. The van der Waals surface area contributed by atoms with Gasteiger partial charge >= 0.3 is 0 Å². The highest BCUT2D eigenvalue weighted by Crippen LogP contribution is 1.88. The Kier molecular flexibility index (Phi) is 10.8. The van der Waals surface area contributed by atoms with Gasteiger partial charge in [0.1, 0.15) is 0 Å². The summed E-state index contributed by atoms with van der Waals surface area (Å²) in [6.45, 7) is 7.22. The summed E-state index contributed by atoms with van der Waals surface area (Å²) in [6.07, 6.45) is 3.16. The minimum atomic E-state index is -0.0986. The largest absolute Gasteiger partial charge is 0.381 e. The van der Waals surface area contributed by atoms with Crippen LogP contribution in [-0.4, -0.2) is 38.1 Å². The highest BCUT2D eigenvalue weighted by Gasteiger charge is 2.03. The van der Waals surface area contributed by atoms with E-state index in [1.807, 2.05) is 6.92 Å². The lowest BCUT2D eigenvalue weighted by Crippen LogP contribution is -2.31. The normalized spacial score (nSPS) is 9.39. The van der Waals surface area contributed by atoms with E-state index >= 15 is 0 Å². The number of hydrogen-bond acceptors (Lipinski definition) is 3. The van der Waals surface area contributed by atoms with Crippen LogP contribution in [0.1, 0.15) is 26.2 Å². The fraction of sp³-hybridized carbons (Fsp3) is 0.615. The van der Waals surface area contributed by atoms with Gasteiger partial charge in [-0.2, -0.15) is 0 Å². The third-order valence-corrected chi connectivity index (χ3v) is 2.07. The summed E-state index contributed by atoms with van der Waals surface area (Å²) in [6, 6.07) is 0. The van der Waals surface area contributed by atoms with Gasteiger partial charge in [0.05, 0.1) is 13.2 Å². The summed E-state index contributed by atoms with van der Waals surface area (Å²) in [5.74, 6) is -0.149. The quantitative estimate of drug-likeness (QED) is 0.447. The van der Waals surface area contributed by atoms with Gasteiger partial charge in [0, 0.05) is 25.9 Å². The van der Waals surface area contributed by atoms with Crippen molar-refractivity contribution in [3.05, 3.63) is 18.4 Å². The lowest BCUT2D eigenvalue weighted by atomic mass is 10.3. The smallest absolute Gasteiger partial charge is 0.222 e. The highest BCUT2D eigenvalue weighted by molar-refractivity contribution is 5.78. The standard InChI is InChI=1S/C13H22N2O3/c1-3-5-6-10-18-11-8-13(17)15-9-7-12(16)14-4-2/h5H,1,4,6-11H2,2H3,(H,14,16)(H,15,17). The van der Waals surface area contributed by atoms with Gasteiger partial charge < -0.3 is 15.4 Å². The molecule has 0 heterocycles. The Balaban J connectivity index is 3.37. The Morgan fingerprint density at radius 2 is 1.94 bits per heavy atom. The molecule has 0 aliphatic carbocycles. The number of amides is 2. The van der Waals surface area contributed by atoms with E-state index < -0.39 is 0 Å². The van der Waals surface area contributed by atoms with E-state index in [9.17, 15) is 9.59 Å². The van der Waals surface area contributed by atoms with Crippen LogP contribution in [0.15, 0.2) is 18.4 Å². The molecule has 5 nitrogen and oxygen atoms in total. The van der Waals surface area contributed by atoms with Crippen LogP contribution in [0.25, 0.3) is 0 Å². The predicted octanol–water partition coefficient (Wildman–Crippen LogP) is 0.767. The Labute approximate surface area is 108 Å². The van der Waals surface area contributed by atoms with E-state index in [1.165, 1.54) is 0 Å². The summed E-state index contributed by atoms with van der Waals surface area (Å²) in [7, 11) is 0. The van der Waals surface area contributed by atoms with E-state index in [4.69, 9.17) is 4.74 Å². The lowest BCUT2D eigenvalue weighted by molar-refractivity contribution is -0.122. The van der Waals surface area contributed by atoms with E-state index in [2.05, 4.69) is 22.9 Å². The zero-order chi connectivity index (χ0) is 13.6. The fourth-order valence-electron chi connectivity index (χ4n) is 1.20. The van der Waals surface area contributed by atoms with Crippen molar-refractivity contribution >= 4 is 11.8 Å². The third kappa shape index (κ3) is 10.9. The predicted molar refractivity (Wildman–Crippen MR) is 70.1 cm³/mol. The van der Waals surface area contributed by atoms with Crippen LogP contribution in [0, 0.1) is 0 Å². The maximum absolute atomic E-state index is 11.3. The van der Waals surface area contributed by atoms with Gasteiger partial charge in [0.25, 0.3) is 0 Å². The van der Waals surface area contributed by atoms with Gasteiger partial charge in [-0.15, -0.1) is 5.73 Å². The first-order valence-electron chi connectivity index (χ1n) is 6.16. The van der Waals surface area contributed by atoms with Gasteiger partial charge in [-0.05, 0) is 19.4 Å². The molecule has 0 fully saturated rings. The van der Waals surface area contributed by atoms with Gasteiger partial charge in [0.2, 0.25) is 11.8 Å². The Morgan fingerprint density at radius 3 is 2.61 bits per heavy atom.